The molecule has 0 amide bonds. The molecule has 0 aliphatic carbocycles. The standard InChI is InChI=1S/C17H16N2O7S/c1-27(24,25)19-14-7-4-12(18-23)10-16(14)26-13-5-2-11(3-6-13)15(20)8-9-17(21)22/h2-7,10,19H,8-9H2,1H3,(H,21,22). The van der Waals surface area contributed by atoms with Crippen LogP contribution in [0.2, 0.25) is 0 Å². The van der Waals surface area contributed by atoms with Crippen molar-refractivity contribution in [1.82, 2.24) is 0 Å². The smallest absolute Gasteiger partial charge is 0.303 e. The Morgan fingerprint density at radius 1 is 1.11 bits per heavy atom. The zero-order valence-corrected chi connectivity index (χ0v) is 15.0. The Balaban J connectivity index is 2.22. The van der Waals surface area contributed by atoms with E-state index in [0.29, 0.717) is 5.56 Å². The number of hydrogen-bond donors (Lipinski definition) is 2. The van der Waals surface area contributed by atoms with Crippen molar-refractivity contribution in [2.75, 3.05) is 11.0 Å². The molecule has 2 aromatic rings. The Hall–Kier alpha value is -3.27. The van der Waals surface area contributed by atoms with Crippen molar-refractivity contribution < 1.29 is 27.9 Å². The van der Waals surface area contributed by atoms with Crippen LogP contribution in [0.4, 0.5) is 11.4 Å². The number of ether oxygens (including phenoxy) is 1. The van der Waals surface area contributed by atoms with Crippen LogP contribution in [0.25, 0.3) is 0 Å². The quantitative estimate of drug-likeness (QED) is 0.493. The third-order valence-corrected chi connectivity index (χ3v) is 3.93. The lowest BCUT2D eigenvalue weighted by atomic mass is 10.1. The second kappa shape index (κ2) is 8.41. The lowest BCUT2D eigenvalue weighted by Gasteiger charge is -2.12. The van der Waals surface area contributed by atoms with Crippen molar-refractivity contribution in [2.24, 2.45) is 5.18 Å². The number of benzene rings is 2. The summed E-state index contributed by atoms with van der Waals surface area (Å²) >= 11 is 0. The van der Waals surface area contributed by atoms with Gasteiger partial charge >= 0.3 is 5.97 Å². The van der Waals surface area contributed by atoms with Gasteiger partial charge in [-0.15, -0.1) is 4.91 Å². The molecule has 0 heterocycles. The van der Waals surface area contributed by atoms with Gasteiger partial charge in [0.2, 0.25) is 10.0 Å². The molecule has 0 aliphatic heterocycles. The van der Waals surface area contributed by atoms with Gasteiger partial charge in [0.1, 0.15) is 11.4 Å². The third kappa shape index (κ3) is 6.19. The second-order valence-corrected chi connectivity index (χ2v) is 7.34. The Kier molecular flexibility index (Phi) is 6.24. The van der Waals surface area contributed by atoms with E-state index in [1.807, 2.05) is 0 Å². The molecule has 0 unspecified atom stereocenters. The van der Waals surface area contributed by atoms with Crippen LogP contribution in [-0.4, -0.2) is 31.5 Å². The number of carbonyl (C=O) groups is 2. The van der Waals surface area contributed by atoms with Gasteiger partial charge in [0.15, 0.2) is 11.5 Å². The fraction of sp³-hybridized carbons (Fsp3) is 0.176. The Morgan fingerprint density at radius 2 is 1.78 bits per heavy atom. The molecule has 0 atom stereocenters. The van der Waals surface area contributed by atoms with Crippen molar-refractivity contribution in [2.45, 2.75) is 12.8 Å². The van der Waals surface area contributed by atoms with E-state index in [4.69, 9.17) is 9.84 Å². The highest BCUT2D eigenvalue weighted by Gasteiger charge is 2.13. The highest BCUT2D eigenvalue weighted by atomic mass is 32.2. The van der Waals surface area contributed by atoms with E-state index >= 15 is 0 Å². The molecule has 0 spiro atoms. The highest BCUT2D eigenvalue weighted by molar-refractivity contribution is 7.92. The van der Waals surface area contributed by atoms with Crippen molar-refractivity contribution in [3.05, 3.63) is 52.9 Å². The predicted molar refractivity (Wildman–Crippen MR) is 98.1 cm³/mol. The van der Waals surface area contributed by atoms with Crippen LogP contribution in [0.1, 0.15) is 23.2 Å². The van der Waals surface area contributed by atoms with Gasteiger partial charge in [0.25, 0.3) is 0 Å². The van der Waals surface area contributed by atoms with E-state index in [1.54, 1.807) is 0 Å². The summed E-state index contributed by atoms with van der Waals surface area (Å²) in [6.07, 6.45) is 0.592. The summed E-state index contributed by atoms with van der Waals surface area (Å²) < 4.78 is 30.8. The molecule has 0 saturated heterocycles. The molecule has 0 fully saturated rings. The van der Waals surface area contributed by atoms with Crippen LogP contribution in [0.3, 0.4) is 0 Å². The molecule has 142 valence electrons. The number of nitroso groups, excluding NO2 is 1. The number of sulfonamides is 1. The van der Waals surface area contributed by atoms with Crippen molar-refractivity contribution in [1.29, 1.82) is 0 Å². The first-order chi connectivity index (χ1) is 12.7. The van der Waals surface area contributed by atoms with Crippen LogP contribution in [0.5, 0.6) is 11.5 Å². The molecule has 9 nitrogen and oxygen atoms in total. The lowest BCUT2D eigenvalue weighted by molar-refractivity contribution is -0.136. The van der Waals surface area contributed by atoms with Gasteiger partial charge in [-0.05, 0) is 41.6 Å². The Labute approximate surface area is 155 Å². The maximum Gasteiger partial charge on any atom is 0.303 e. The fourth-order valence-corrected chi connectivity index (χ4v) is 2.71. The van der Waals surface area contributed by atoms with E-state index in [9.17, 15) is 22.9 Å². The Bertz CT molecular complexity index is 969. The number of carboxylic acids is 1. The Morgan fingerprint density at radius 3 is 2.33 bits per heavy atom. The molecule has 10 heteroatoms. The minimum absolute atomic E-state index is 0.0459. The van der Waals surface area contributed by atoms with Gasteiger partial charge in [0, 0.05) is 18.1 Å². The van der Waals surface area contributed by atoms with Gasteiger partial charge in [0.05, 0.1) is 18.4 Å². The normalized spacial score (nSPS) is 10.9. The molecule has 2 rings (SSSR count). The summed E-state index contributed by atoms with van der Waals surface area (Å²) in [4.78, 5) is 33.1. The van der Waals surface area contributed by atoms with Crippen LogP contribution in [0, 0.1) is 4.91 Å². The first-order valence-corrected chi connectivity index (χ1v) is 9.55. The number of rotatable bonds is 9. The zero-order valence-electron chi connectivity index (χ0n) is 14.2. The van der Waals surface area contributed by atoms with Crippen molar-refractivity contribution in [3.8, 4) is 11.5 Å². The van der Waals surface area contributed by atoms with E-state index < -0.39 is 16.0 Å². The first kappa shape index (κ1) is 20.0. The average Bonchev–Trinajstić information content (AvgIpc) is 2.60. The van der Waals surface area contributed by atoms with Gasteiger partial charge in [-0.25, -0.2) is 8.42 Å². The topological polar surface area (TPSA) is 139 Å². The third-order valence-electron chi connectivity index (χ3n) is 3.34. The molecule has 2 N–H and O–H groups in total. The molecule has 0 aromatic heterocycles. The number of Topliss-reactive ketones (excluding diaryl/α,β-unsaturated/α-hetero) is 1. The molecular formula is C17H16N2O7S. The molecule has 0 saturated carbocycles. The second-order valence-electron chi connectivity index (χ2n) is 5.59. The van der Waals surface area contributed by atoms with Crippen LogP contribution >= 0.6 is 0 Å². The number of ketones is 1. The number of nitrogens with zero attached hydrogens (tertiary/aromatic N) is 1. The number of carboxylic acid groups (broad SMARTS) is 1. The van der Waals surface area contributed by atoms with Crippen LogP contribution in [-0.2, 0) is 14.8 Å². The van der Waals surface area contributed by atoms with Gasteiger partial charge in [-0.2, -0.15) is 0 Å². The maximum atomic E-state index is 11.9. The summed E-state index contributed by atoms with van der Waals surface area (Å²) in [5.41, 5.74) is 0.484. The van der Waals surface area contributed by atoms with Crippen molar-refractivity contribution in [3.63, 3.8) is 0 Å². The summed E-state index contributed by atoms with van der Waals surface area (Å²) in [6.45, 7) is 0. The minimum Gasteiger partial charge on any atom is -0.481 e. The average molecular weight is 392 g/mol. The van der Waals surface area contributed by atoms with Gasteiger partial charge < -0.3 is 9.84 Å². The predicted octanol–water partition coefficient (Wildman–Crippen LogP) is 3.30. The molecule has 0 aliphatic rings. The van der Waals surface area contributed by atoms with E-state index in [2.05, 4.69) is 9.90 Å². The van der Waals surface area contributed by atoms with E-state index in [-0.39, 0.29) is 41.5 Å². The van der Waals surface area contributed by atoms with Gasteiger partial charge in [-0.1, -0.05) is 0 Å². The summed E-state index contributed by atoms with van der Waals surface area (Å²) in [5.74, 6) is -1.04. The number of anilines is 1. The molecular weight excluding hydrogens is 376 g/mol. The molecule has 27 heavy (non-hydrogen) atoms. The molecule has 2 aromatic carbocycles. The maximum absolute atomic E-state index is 11.9. The fourth-order valence-electron chi connectivity index (χ4n) is 2.14. The number of hydrogen-bond acceptors (Lipinski definition) is 7. The number of nitrogens with one attached hydrogen (secondary N) is 1. The number of carbonyl (C=O) groups excluding carboxylic acids is 1. The number of aliphatic carboxylic acids is 1. The van der Waals surface area contributed by atoms with E-state index in [1.165, 1.54) is 42.5 Å². The molecule has 0 bridgehead atoms. The summed E-state index contributed by atoms with van der Waals surface area (Å²) in [7, 11) is -3.57. The summed E-state index contributed by atoms with van der Waals surface area (Å²) in [5, 5.41) is 11.4. The van der Waals surface area contributed by atoms with Crippen molar-refractivity contribution >= 4 is 33.2 Å². The SMILES string of the molecule is CS(=O)(=O)Nc1ccc(N=O)cc1Oc1ccc(C(=O)CCC(=O)O)cc1. The van der Waals surface area contributed by atoms with E-state index in [0.717, 1.165) is 6.26 Å². The highest BCUT2D eigenvalue weighted by Crippen LogP contribution is 2.34. The monoisotopic (exact) mass is 392 g/mol. The van der Waals surface area contributed by atoms with Gasteiger partial charge in [-0.3, -0.25) is 14.3 Å². The minimum atomic E-state index is -3.57. The zero-order chi connectivity index (χ0) is 20.0. The summed E-state index contributed by atoms with van der Waals surface area (Å²) in [6, 6.07) is 9.81. The largest absolute Gasteiger partial charge is 0.481 e. The lowest BCUT2D eigenvalue weighted by Crippen LogP contribution is -2.10. The molecule has 0 radical (unpaired) electrons. The first-order valence-electron chi connectivity index (χ1n) is 7.66. The van der Waals surface area contributed by atoms with Crippen LogP contribution in [0.15, 0.2) is 47.6 Å². The van der Waals surface area contributed by atoms with Crippen LogP contribution < -0.4 is 9.46 Å².